The molecular weight excluding hydrogens is 198 g/mol. The first-order valence-corrected chi connectivity index (χ1v) is 5.07. The molecule has 2 heterocycles. The third-order valence-corrected chi connectivity index (χ3v) is 2.70. The van der Waals surface area contributed by atoms with Crippen molar-refractivity contribution >= 4 is 11.7 Å². The van der Waals surface area contributed by atoms with E-state index in [1.807, 2.05) is 13.8 Å². The fourth-order valence-corrected chi connectivity index (χ4v) is 1.80. The van der Waals surface area contributed by atoms with E-state index in [9.17, 15) is 9.59 Å². The van der Waals surface area contributed by atoms with Gasteiger partial charge in [0.2, 0.25) is 5.91 Å². The van der Waals surface area contributed by atoms with Crippen LogP contribution in [-0.2, 0) is 19.1 Å². The van der Waals surface area contributed by atoms with Crippen molar-refractivity contribution < 1.29 is 19.1 Å². The van der Waals surface area contributed by atoms with Crippen LogP contribution >= 0.6 is 0 Å². The van der Waals surface area contributed by atoms with Crippen molar-refractivity contribution in [2.75, 3.05) is 19.8 Å². The third-order valence-electron chi connectivity index (χ3n) is 2.70. The molecule has 0 aromatic rings. The first-order valence-electron chi connectivity index (χ1n) is 5.07. The number of likely N-dealkylation sites (tertiary alicyclic amines) is 1. The Balaban J connectivity index is 1.96. The summed E-state index contributed by atoms with van der Waals surface area (Å²) in [4.78, 5) is 24.1. The van der Waals surface area contributed by atoms with Crippen molar-refractivity contribution in [3.05, 3.63) is 0 Å². The molecule has 0 radical (unpaired) electrons. The second kappa shape index (κ2) is 3.57. The Kier molecular flexibility index (Phi) is 2.52. The summed E-state index contributed by atoms with van der Waals surface area (Å²) >= 11 is 0. The van der Waals surface area contributed by atoms with Crippen LogP contribution in [0.4, 0.5) is 0 Å². The topological polar surface area (TPSA) is 55.8 Å². The lowest BCUT2D eigenvalue weighted by Crippen LogP contribution is -2.51. The monoisotopic (exact) mass is 213 g/mol. The van der Waals surface area contributed by atoms with Crippen LogP contribution in [0.25, 0.3) is 0 Å². The first kappa shape index (κ1) is 10.6. The van der Waals surface area contributed by atoms with Crippen LogP contribution in [0.1, 0.15) is 20.3 Å². The molecule has 0 atom stereocenters. The zero-order chi connectivity index (χ0) is 11.1. The molecule has 0 unspecified atom stereocenters. The standard InChI is InChI=1S/C10H15NO4/c1-10(2)14-5-7(6-15-10)11-4-8(12)3-9(11)13/h7H,3-6H2,1-2H3. The zero-order valence-electron chi connectivity index (χ0n) is 8.99. The summed E-state index contributed by atoms with van der Waals surface area (Å²) in [5.41, 5.74) is 0. The van der Waals surface area contributed by atoms with Gasteiger partial charge in [0.1, 0.15) is 0 Å². The Labute approximate surface area is 88.3 Å². The minimum absolute atomic E-state index is 0.0233. The lowest BCUT2D eigenvalue weighted by molar-refractivity contribution is -0.261. The van der Waals surface area contributed by atoms with Crippen LogP contribution < -0.4 is 0 Å². The number of carbonyl (C=O) groups is 2. The van der Waals surface area contributed by atoms with Crippen molar-refractivity contribution in [3.8, 4) is 0 Å². The third kappa shape index (κ3) is 2.18. The van der Waals surface area contributed by atoms with Gasteiger partial charge in [-0.25, -0.2) is 0 Å². The van der Waals surface area contributed by atoms with Gasteiger partial charge in [-0.3, -0.25) is 9.59 Å². The van der Waals surface area contributed by atoms with Crippen LogP contribution in [0.3, 0.4) is 0 Å². The number of carbonyl (C=O) groups excluding carboxylic acids is 2. The molecule has 2 fully saturated rings. The molecule has 0 aliphatic carbocycles. The maximum Gasteiger partial charge on any atom is 0.230 e. The van der Waals surface area contributed by atoms with E-state index < -0.39 is 5.79 Å². The summed E-state index contributed by atoms with van der Waals surface area (Å²) in [6, 6.07) is -0.114. The largest absolute Gasteiger partial charge is 0.348 e. The molecule has 0 aromatic heterocycles. The molecule has 2 saturated heterocycles. The van der Waals surface area contributed by atoms with Crippen LogP contribution in [0, 0.1) is 0 Å². The highest BCUT2D eigenvalue weighted by molar-refractivity contribution is 6.05. The maximum absolute atomic E-state index is 11.4. The van der Waals surface area contributed by atoms with Crippen molar-refractivity contribution in [1.29, 1.82) is 0 Å². The van der Waals surface area contributed by atoms with Crippen molar-refractivity contribution in [3.63, 3.8) is 0 Å². The van der Waals surface area contributed by atoms with Gasteiger partial charge in [0.05, 0.1) is 32.2 Å². The Hall–Kier alpha value is -0.940. The number of nitrogens with zero attached hydrogens (tertiary/aromatic N) is 1. The predicted octanol–water partition coefficient (Wildman–Crippen LogP) is -0.0607. The number of ether oxygens (including phenoxy) is 2. The van der Waals surface area contributed by atoms with E-state index in [-0.39, 0.29) is 30.7 Å². The fraction of sp³-hybridized carbons (Fsp3) is 0.800. The van der Waals surface area contributed by atoms with Crippen LogP contribution in [0.15, 0.2) is 0 Å². The minimum Gasteiger partial charge on any atom is -0.348 e. The van der Waals surface area contributed by atoms with Crippen LogP contribution in [0.5, 0.6) is 0 Å². The average molecular weight is 213 g/mol. The van der Waals surface area contributed by atoms with E-state index in [2.05, 4.69) is 0 Å². The predicted molar refractivity (Wildman–Crippen MR) is 51.1 cm³/mol. The molecule has 5 heteroatoms. The molecule has 1 amide bonds. The van der Waals surface area contributed by atoms with Gasteiger partial charge in [0.25, 0.3) is 0 Å². The highest BCUT2D eigenvalue weighted by atomic mass is 16.7. The second-order valence-corrected chi connectivity index (χ2v) is 4.41. The number of ketones is 1. The Morgan fingerprint density at radius 3 is 2.33 bits per heavy atom. The van der Waals surface area contributed by atoms with Gasteiger partial charge in [0, 0.05) is 0 Å². The lowest BCUT2D eigenvalue weighted by Gasteiger charge is -2.38. The second-order valence-electron chi connectivity index (χ2n) is 4.41. The van der Waals surface area contributed by atoms with Gasteiger partial charge >= 0.3 is 0 Å². The van der Waals surface area contributed by atoms with E-state index >= 15 is 0 Å². The summed E-state index contributed by atoms with van der Waals surface area (Å²) in [5.74, 6) is -0.717. The lowest BCUT2D eigenvalue weighted by atomic mass is 10.2. The molecule has 2 aliphatic heterocycles. The molecule has 2 aliphatic rings. The van der Waals surface area contributed by atoms with Gasteiger partial charge < -0.3 is 14.4 Å². The van der Waals surface area contributed by atoms with Gasteiger partial charge in [-0.2, -0.15) is 0 Å². The number of hydrogen-bond donors (Lipinski definition) is 0. The van der Waals surface area contributed by atoms with Crippen molar-refractivity contribution in [1.82, 2.24) is 4.90 Å². The van der Waals surface area contributed by atoms with Gasteiger partial charge in [-0.05, 0) is 13.8 Å². The maximum atomic E-state index is 11.4. The van der Waals surface area contributed by atoms with E-state index in [0.29, 0.717) is 13.2 Å². The zero-order valence-corrected chi connectivity index (χ0v) is 8.99. The normalized spacial score (nSPS) is 27.5. The fourth-order valence-electron chi connectivity index (χ4n) is 1.80. The molecule has 0 aromatic carbocycles. The Morgan fingerprint density at radius 2 is 1.87 bits per heavy atom. The van der Waals surface area contributed by atoms with Crippen LogP contribution in [-0.4, -0.2) is 48.2 Å². The molecule has 0 spiro atoms. The molecule has 0 bridgehead atoms. The summed E-state index contributed by atoms with van der Waals surface area (Å²) in [7, 11) is 0. The SMILES string of the molecule is CC1(C)OCC(N2CC(=O)CC2=O)CO1. The van der Waals surface area contributed by atoms with Crippen LogP contribution in [0.2, 0.25) is 0 Å². The molecule has 2 rings (SSSR count). The van der Waals surface area contributed by atoms with Crippen molar-refractivity contribution in [2.45, 2.75) is 32.1 Å². The van der Waals surface area contributed by atoms with E-state index in [0.717, 1.165) is 0 Å². The molecule has 0 saturated carbocycles. The molecule has 0 N–H and O–H groups in total. The number of amides is 1. The van der Waals surface area contributed by atoms with Gasteiger partial charge in [0.15, 0.2) is 11.6 Å². The van der Waals surface area contributed by atoms with E-state index in [4.69, 9.17) is 9.47 Å². The highest BCUT2D eigenvalue weighted by Crippen LogP contribution is 2.22. The molecule has 5 nitrogen and oxygen atoms in total. The van der Waals surface area contributed by atoms with Gasteiger partial charge in [-0.15, -0.1) is 0 Å². The number of hydrogen-bond acceptors (Lipinski definition) is 4. The molecule has 15 heavy (non-hydrogen) atoms. The van der Waals surface area contributed by atoms with Gasteiger partial charge in [-0.1, -0.05) is 0 Å². The smallest absolute Gasteiger partial charge is 0.230 e. The molecular formula is C10H15NO4. The van der Waals surface area contributed by atoms with Crippen molar-refractivity contribution in [2.24, 2.45) is 0 Å². The summed E-state index contributed by atoms with van der Waals surface area (Å²) in [6.07, 6.45) is 0.0277. The van der Waals surface area contributed by atoms with E-state index in [1.165, 1.54) is 0 Å². The molecule has 84 valence electrons. The Morgan fingerprint density at radius 1 is 1.27 bits per heavy atom. The summed E-state index contributed by atoms with van der Waals surface area (Å²) in [5, 5.41) is 0. The van der Waals surface area contributed by atoms with E-state index in [1.54, 1.807) is 4.90 Å². The number of rotatable bonds is 1. The first-order chi connectivity index (χ1) is 6.98. The average Bonchev–Trinajstić information content (AvgIpc) is 2.45. The highest BCUT2D eigenvalue weighted by Gasteiger charge is 2.37. The number of Topliss-reactive ketones (excluding diaryl/α,β-unsaturated/α-hetero) is 1. The summed E-state index contributed by atoms with van der Waals surface area (Å²) < 4.78 is 10.9. The Bertz CT molecular complexity index is 290. The quantitative estimate of drug-likeness (QED) is 0.572. The summed E-state index contributed by atoms with van der Waals surface area (Å²) in [6.45, 7) is 4.75. The minimum atomic E-state index is -0.580.